The third kappa shape index (κ3) is 9.21. The molecule has 0 rings (SSSR count). The fraction of sp³-hybridized carbons (Fsp3) is 0.900. The standard InChI is InChI=1S/C20H42N2O4/c1-17(2)19(21(9-13-23-5)10-14-24-6)20(18(3)4)22(11-15-25-7)12-16-26-8/h17-18H,9-16H2,1-8H3/b20-19+. The van der Waals surface area contributed by atoms with Crippen LogP contribution in [0.1, 0.15) is 27.7 Å². The summed E-state index contributed by atoms with van der Waals surface area (Å²) in [6.07, 6.45) is 0. The second kappa shape index (κ2) is 15.3. The normalized spacial score (nSPS) is 12.7. The van der Waals surface area contributed by atoms with Gasteiger partial charge in [0.15, 0.2) is 0 Å². The highest BCUT2D eigenvalue weighted by Gasteiger charge is 2.24. The van der Waals surface area contributed by atoms with E-state index in [1.54, 1.807) is 28.4 Å². The Labute approximate surface area is 161 Å². The van der Waals surface area contributed by atoms with Crippen LogP contribution in [-0.2, 0) is 18.9 Å². The van der Waals surface area contributed by atoms with E-state index in [9.17, 15) is 0 Å². The molecule has 6 nitrogen and oxygen atoms in total. The molecule has 0 bridgehead atoms. The van der Waals surface area contributed by atoms with Crippen LogP contribution in [0.3, 0.4) is 0 Å². The second-order valence-electron chi connectivity index (χ2n) is 7.03. The highest BCUT2D eigenvalue weighted by Crippen LogP contribution is 2.27. The average Bonchev–Trinajstić information content (AvgIpc) is 2.60. The van der Waals surface area contributed by atoms with Crippen molar-refractivity contribution in [3.05, 3.63) is 11.4 Å². The Balaban J connectivity index is 5.93. The van der Waals surface area contributed by atoms with Crippen molar-refractivity contribution in [1.29, 1.82) is 0 Å². The van der Waals surface area contributed by atoms with Crippen molar-refractivity contribution in [2.45, 2.75) is 27.7 Å². The van der Waals surface area contributed by atoms with Crippen molar-refractivity contribution >= 4 is 0 Å². The van der Waals surface area contributed by atoms with Gasteiger partial charge in [-0.15, -0.1) is 0 Å². The number of rotatable bonds is 16. The second-order valence-corrected chi connectivity index (χ2v) is 7.03. The van der Waals surface area contributed by atoms with E-state index < -0.39 is 0 Å². The first-order valence-corrected chi connectivity index (χ1v) is 9.64. The fourth-order valence-electron chi connectivity index (χ4n) is 3.16. The van der Waals surface area contributed by atoms with E-state index in [4.69, 9.17) is 18.9 Å². The Kier molecular flexibility index (Phi) is 14.8. The highest BCUT2D eigenvalue weighted by molar-refractivity contribution is 5.17. The van der Waals surface area contributed by atoms with Gasteiger partial charge in [-0.05, 0) is 11.8 Å². The third-order valence-electron chi connectivity index (χ3n) is 4.30. The van der Waals surface area contributed by atoms with Crippen molar-refractivity contribution in [2.75, 3.05) is 81.0 Å². The van der Waals surface area contributed by atoms with Gasteiger partial charge in [-0.3, -0.25) is 0 Å². The Morgan fingerprint density at radius 3 is 0.923 bits per heavy atom. The van der Waals surface area contributed by atoms with Gasteiger partial charge in [0.25, 0.3) is 0 Å². The van der Waals surface area contributed by atoms with Crippen molar-refractivity contribution < 1.29 is 18.9 Å². The van der Waals surface area contributed by atoms with Crippen LogP contribution in [0.4, 0.5) is 0 Å². The number of ether oxygens (including phenoxy) is 4. The molecule has 0 fully saturated rings. The zero-order chi connectivity index (χ0) is 19.9. The van der Waals surface area contributed by atoms with Gasteiger partial charge in [0.05, 0.1) is 26.4 Å². The number of allylic oxidation sites excluding steroid dienone is 2. The largest absolute Gasteiger partial charge is 0.383 e. The molecular formula is C20H42N2O4. The minimum absolute atomic E-state index is 0.397. The predicted molar refractivity (Wildman–Crippen MR) is 107 cm³/mol. The van der Waals surface area contributed by atoms with Crippen LogP contribution in [0.5, 0.6) is 0 Å². The summed E-state index contributed by atoms with van der Waals surface area (Å²) in [5.74, 6) is 0.794. The van der Waals surface area contributed by atoms with Gasteiger partial charge in [0, 0.05) is 66.0 Å². The Bertz CT molecular complexity index is 323. The van der Waals surface area contributed by atoms with E-state index in [0.29, 0.717) is 38.3 Å². The summed E-state index contributed by atoms with van der Waals surface area (Å²) in [5.41, 5.74) is 2.72. The summed E-state index contributed by atoms with van der Waals surface area (Å²) in [6.45, 7) is 15.2. The van der Waals surface area contributed by atoms with Crippen LogP contribution in [0, 0.1) is 11.8 Å². The molecule has 0 radical (unpaired) electrons. The Morgan fingerprint density at radius 2 is 0.769 bits per heavy atom. The lowest BCUT2D eigenvalue weighted by Gasteiger charge is -2.38. The van der Waals surface area contributed by atoms with Gasteiger partial charge in [-0.1, -0.05) is 27.7 Å². The molecule has 0 aromatic heterocycles. The van der Waals surface area contributed by atoms with E-state index >= 15 is 0 Å². The van der Waals surface area contributed by atoms with Crippen molar-refractivity contribution in [3.8, 4) is 0 Å². The maximum Gasteiger partial charge on any atom is 0.0637 e. The van der Waals surface area contributed by atoms with Crippen molar-refractivity contribution in [1.82, 2.24) is 9.80 Å². The molecule has 0 atom stereocenters. The van der Waals surface area contributed by atoms with Gasteiger partial charge < -0.3 is 28.7 Å². The molecule has 6 heteroatoms. The topological polar surface area (TPSA) is 43.4 Å². The summed E-state index contributed by atoms with van der Waals surface area (Å²) in [7, 11) is 7.00. The number of methoxy groups -OCH3 is 4. The lowest BCUT2D eigenvalue weighted by Crippen LogP contribution is -2.39. The van der Waals surface area contributed by atoms with Crippen LogP contribution in [0.15, 0.2) is 11.4 Å². The predicted octanol–water partition coefficient (Wildman–Crippen LogP) is 2.70. The maximum atomic E-state index is 5.35. The molecule has 0 saturated carbocycles. The van der Waals surface area contributed by atoms with E-state index in [-0.39, 0.29) is 0 Å². The van der Waals surface area contributed by atoms with Crippen LogP contribution in [-0.4, -0.2) is 90.8 Å². The molecule has 0 aliphatic carbocycles. The van der Waals surface area contributed by atoms with Crippen LogP contribution in [0.25, 0.3) is 0 Å². The Morgan fingerprint density at radius 1 is 0.538 bits per heavy atom. The minimum atomic E-state index is 0.397. The molecule has 0 saturated heterocycles. The number of hydrogen-bond donors (Lipinski definition) is 0. The van der Waals surface area contributed by atoms with E-state index in [2.05, 4.69) is 37.5 Å². The van der Waals surface area contributed by atoms with Crippen LogP contribution in [0.2, 0.25) is 0 Å². The molecule has 0 heterocycles. The molecule has 0 aromatic carbocycles. The summed E-state index contributed by atoms with van der Waals surface area (Å²) in [6, 6.07) is 0. The highest BCUT2D eigenvalue weighted by atomic mass is 16.5. The van der Waals surface area contributed by atoms with E-state index in [0.717, 1.165) is 26.2 Å². The average molecular weight is 375 g/mol. The first kappa shape index (κ1) is 25.2. The zero-order valence-electron chi connectivity index (χ0n) is 18.3. The molecule has 156 valence electrons. The molecule has 0 aliphatic rings. The molecule has 0 unspecified atom stereocenters. The summed E-state index contributed by atoms with van der Waals surface area (Å²) in [5, 5.41) is 0. The van der Waals surface area contributed by atoms with Gasteiger partial charge in [0.2, 0.25) is 0 Å². The first-order chi connectivity index (χ1) is 12.4. The zero-order valence-corrected chi connectivity index (χ0v) is 18.3. The molecule has 0 spiro atoms. The summed E-state index contributed by atoms with van der Waals surface area (Å²) >= 11 is 0. The third-order valence-corrected chi connectivity index (χ3v) is 4.30. The lowest BCUT2D eigenvalue weighted by atomic mass is 9.98. The lowest BCUT2D eigenvalue weighted by molar-refractivity contribution is 0.109. The van der Waals surface area contributed by atoms with Gasteiger partial charge in [0.1, 0.15) is 0 Å². The minimum Gasteiger partial charge on any atom is -0.383 e. The van der Waals surface area contributed by atoms with Gasteiger partial charge in [-0.2, -0.15) is 0 Å². The quantitative estimate of drug-likeness (QED) is 0.414. The van der Waals surface area contributed by atoms with Gasteiger partial charge >= 0.3 is 0 Å². The smallest absolute Gasteiger partial charge is 0.0637 e. The molecular weight excluding hydrogens is 332 g/mol. The molecule has 0 N–H and O–H groups in total. The van der Waals surface area contributed by atoms with Crippen molar-refractivity contribution in [2.24, 2.45) is 11.8 Å². The molecule has 0 amide bonds. The van der Waals surface area contributed by atoms with E-state index in [1.807, 2.05) is 0 Å². The Hall–Kier alpha value is -0.820. The molecule has 0 aromatic rings. The number of hydrogen-bond acceptors (Lipinski definition) is 6. The first-order valence-electron chi connectivity index (χ1n) is 9.64. The van der Waals surface area contributed by atoms with Crippen molar-refractivity contribution in [3.63, 3.8) is 0 Å². The maximum absolute atomic E-state index is 5.35. The summed E-state index contributed by atoms with van der Waals surface area (Å²) in [4.78, 5) is 4.83. The van der Waals surface area contributed by atoms with Gasteiger partial charge in [-0.25, -0.2) is 0 Å². The van der Waals surface area contributed by atoms with E-state index in [1.165, 1.54) is 11.4 Å². The fourth-order valence-corrected chi connectivity index (χ4v) is 3.16. The molecule has 26 heavy (non-hydrogen) atoms. The van der Waals surface area contributed by atoms with Crippen LogP contribution < -0.4 is 0 Å². The molecule has 0 aliphatic heterocycles. The van der Waals surface area contributed by atoms with Crippen LogP contribution >= 0.6 is 0 Å². The summed E-state index contributed by atoms with van der Waals surface area (Å²) < 4.78 is 21.4. The monoisotopic (exact) mass is 374 g/mol. The SMILES string of the molecule is COCCN(CCOC)/C(=C(\C(C)C)N(CCOC)CCOC)C(C)C. The number of nitrogens with zero attached hydrogens (tertiary/aromatic N) is 2.